The van der Waals surface area contributed by atoms with Gasteiger partial charge in [-0.15, -0.1) is 0 Å². The van der Waals surface area contributed by atoms with Crippen LogP contribution in [0.25, 0.3) is 0 Å². The maximum absolute atomic E-state index is 4.55. The molecule has 1 aromatic heterocycles. The summed E-state index contributed by atoms with van der Waals surface area (Å²) < 4.78 is 3.14. The van der Waals surface area contributed by atoms with Gasteiger partial charge in [0.05, 0.1) is 15.9 Å². The van der Waals surface area contributed by atoms with E-state index in [9.17, 15) is 0 Å². The zero-order valence-corrected chi connectivity index (χ0v) is 13.6. The molecule has 1 aliphatic rings. The first-order valence-electron chi connectivity index (χ1n) is 7.22. The Balaban J connectivity index is 1.74. The van der Waals surface area contributed by atoms with Gasteiger partial charge in [-0.05, 0) is 46.3 Å². The molecule has 20 heavy (non-hydrogen) atoms. The Morgan fingerprint density at radius 1 is 1.40 bits per heavy atom. The molecule has 0 amide bonds. The minimum absolute atomic E-state index is 0.470. The monoisotopic (exact) mass is 333 g/mol. The molecular formula is C16H20BrN3. The van der Waals surface area contributed by atoms with Crippen LogP contribution < -0.4 is 5.32 Å². The van der Waals surface area contributed by atoms with E-state index in [0.29, 0.717) is 6.04 Å². The van der Waals surface area contributed by atoms with E-state index in [1.807, 2.05) is 11.7 Å². The molecule has 1 unspecified atom stereocenters. The highest BCUT2D eigenvalue weighted by Gasteiger charge is 2.22. The van der Waals surface area contributed by atoms with E-state index >= 15 is 0 Å². The Morgan fingerprint density at radius 3 is 2.95 bits per heavy atom. The summed E-state index contributed by atoms with van der Waals surface area (Å²) in [5.74, 6) is 0. The summed E-state index contributed by atoms with van der Waals surface area (Å²) in [5, 5.41) is 8.23. The average molecular weight is 334 g/mol. The summed E-state index contributed by atoms with van der Waals surface area (Å²) in [7, 11) is 2.02. The molecule has 0 saturated heterocycles. The molecule has 1 atom stereocenters. The fourth-order valence-corrected chi connectivity index (χ4v) is 3.76. The van der Waals surface area contributed by atoms with Crippen LogP contribution in [0.3, 0.4) is 0 Å². The van der Waals surface area contributed by atoms with E-state index in [-0.39, 0.29) is 0 Å². The second-order valence-electron chi connectivity index (χ2n) is 5.36. The molecule has 3 nitrogen and oxygen atoms in total. The van der Waals surface area contributed by atoms with E-state index in [2.05, 4.69) is 57.5 Å². The molecule has 1 aromatic carbocycles. The van der Waals surface area contributed by atoms with Gasteiger partial charge in [-0.2, -0.15) is 5.10 Å². The first-order chi connectivity index (χ1) is 9.70. The van der Waals surface area contributed by atoms with Crippen molar-refractivity contribution in [3.05, 3.63) is 51.3 Å². The predicted octanol–water partition coefficient (Wildman–Crippen LogP) is 3.52. The van der Waals surface area contributed by atoms with Crippen LogP contribution in [0.4, 0.5) is 0 Å². The van der Waals surface area contributed by atoms with Gasteiger partial charge in [0.15, 0.2) is 0 Å². The smallest absolute Gasteiger partial charge is 0.0767 e. The number of fused-ring (bicyclic) bond motifs is 1. The minimum Gasteiger partial charge on any atom is -0.304 e. The van der Waals surface area contributed by atoms with Crippen LogP contribution in [-0.2, 0) is 26.4 Å². The highest BCUT2D eigenvalue weighted by Crippen LogP contribution is 2.31. The van der Waals surface area contributed by atoms with Crippen molar-refractivity contribution in [1.82, 2.24) is 15.1 Å². The Hall–Kier alpha value is -1.13. The average Bonchev–Trinajstić information content (AvgIpc) is 2.99. The van der Waals surface area contributed by atoms with Gasteiger partial charge in [-0.1, -0.05) is 31.2 Å². The van der Waals surface area contributed by atoms with E-state index in [1.54, 1.807) is 0 Å². The van der Waals surface area contributed by atoms with Gasteiger partial charge in [0.1, 0.15) is 0 Å². The third-order valence-electron chi connectivity index (χ3n) is 4.15. The largest absolute Gasteiger partial charge is 0.304 e. The maximum atomic E-state index is 4.55. The van der Waals surface area contributed by atoms with Crippen molar-refractivity contribution < 1.29 is 0 Å². The fourth-order valence-electron chi connectivity index (χ4n) is 3.00. The van der Waals surface area contributed by atoms with Gasteiger partial charge < -0.3 is 5.32 Å². The van der Waals surface area contributed by atoms with Gasteiger partial charge in [0.2, 0.25) is 0 Å². The third-order valence-corrected chi connectivity index (χ3v) is 5.07. The summed E-state index contributed by atoms with van der Waals surface area (Å²) >= 11 is 3.68. The van der Waals surface area contributed by atoms with Crippen molar-refractivity contribution in [3.63, 3.8) is 0 Å². The van der Waals surface area contributed by atoms with Crippen molar-refractivity contribution in [2.75, 3.05) is 0 Å². The minimum atomic E-state index is 0.470. The molecule has 106 valence electrons. The zero-order valence-electron chi connectivity index (χ0n) is 12.0. The summed E-state index contributed by atoms with van der Waals surface area (Å²) in [6.45, 7) is 2.99. The van der Waals surface area contributed by atoms with Crippen molar-refractivity contribution in [2.24, 2.45) is 7.05 Å². The second-order valence-corrected chi connectivity index (χ2v) is 6.15. The molecule has 1 N–H and O–H groups in total. The van der Waals surface area contributed by atoms with Crippen LogP contribution in [0.5, 0.6) is 0 Å². The summed E-state index contributed by atoms with van der Waals surface area (Å²) in [5.41, 5.74) is 5.31. The molecule has 2 aromatic rings. The number of hydrogen-bond acceptors (Lipinski definition) is 2. The van der Waals surface area contributed by atoms with Gasteiger partial charge in [-0.25, -0.2) is 0 Å². The standard InChI is InChI=1S/C16H20BrN3/c1-3-13-16(17)15(20(2)19-13)10-18-14-9-8-11-6-4-5-7-12(11)14/h4-7,14,18H,3,8-10H2,1-2H3. The van der Waals surface area contributed by atoms with Crippen molar-refractivity contribution in [1.29, 1.82) is 0 Å². The van der Waals surface area contributed by atoms with E-state index < -0.39 is 0 Å². The van der Waals surface area contributed by atoms with Crippen LogP contribution in [0.2, 0.25) is 0 Å². The molecule has 0 radical (unpaired) electrons. The van der Waals surface area contributed by atoms with E-state index in [4.69, 9.17) is 0 Å². The lowest BCUT2D eigenvalue weighted by atomic mass is 10.1. The van der Waals surface area contributed by atoms with Crippen LogP contribution >= 0.6 is 15.9 Å². The van der Waals surface area contributed by atoms with Crippen LogP contribution in [0.1, 0.15) is 41.9 Å². The lowest BCUT2D eigenvalue weighted by Gasteiger charge is -2.14. The quantitative estimate of drug-likeness (QED) is 0.927. The van der Waals surface area contributed by atoms with Gasteiger partial charge in [0, 0.05) is 19.6 Å². The maximum Gasteiger partial charge on any atom is 0.0767 e. The number of hydrogen-bond donors (Lipinski definition) is 1. The van der Waals surface area contributed by atoms with E-state index in [0.717, 1.165) is 23.1 Å². The summed E-state index contributed by atoms with van der Waals surface area (Å²) in [6.07, 6.45) is 3.33. The number of benzene rings is 1. The summed E-state index contributed by atoms with van der Waals surface area (Å²) in [6, 6.07) is 9.22. The van der Waals surface area contributed by atoms with Crippen molar-refractivity contribution in [2.45, 2.75) is 38.8 Å². The molecule has 4 heteroatoms. The molecule has 0 spiro atoms. The third kappa shape index (κ3) is 2.42. The second kappa shape index (κ2) is 5.70. The summed E-state index contributed by atoms with van der Waals surface area (Å²) in [4.78, 5) is 0. The lowest BCUT2D eigenvalue weighted by molar-refractivity contribution is 0.511. The number of halogens is 1. The molecule has 1 heterocycles. The molecule has 0 aliphatic heterocycles. The van der Waals surface area contributed by atoms with Crippen LogP contribution in [0.15, 0.2) is 28.7 Å². The van der Waals surface area contributed by atoms with Gasteiger partial charge >= 0.3 is 0 Å². The van der Waals surface area contributed by atoms with Crippen LogP contribution in [-0.4, -0.2) is 9.78 Å². The highest BCUT2D eigenvalue weighted by atomic mass is 79.9. The number of aryl methyl sites for hydroxylation is 3. The molecule has 3 rings (SSSR count). The first kappa shape index (κ1) is 13.8. The molecular weight excluding hydrogens is 314 g/mol. The van der Waals surface area contributed by atoms with Crippen molar-refractivity contribution in [3.8, 4) is 0 Å². The molecule has 0 saturated carbocycles. The molecule has 0 fully saturated rings. The first-order valence-corrected chi connectivity index (χ1v) is 8.01. The number of nitrogens with one attached hydrogen (secondary N) is 1. The topological polar surface area (TPSA) is 29.9 Å². The zero-order chi connectivity index (χ0) is 14.1. The normalized spacial score (nSPS) is 17.4. The van der Waals surface area contributed by atoms with E-state index in [1.165, 1.54) is 29.7 Å². The fraction of sp³-hybridized carbons (Fsp3) is 0.438. The Kier molecular flexibility index (Phi) is 3.94. The molecule has 1 aliphatic carbocycles. The number of nitrogens with zero attached hydrogens (tertiary/aromatic N) is 2. The SMILES string of the molecule is CCc1nn(C)c(CNC2CCc3ccccc32)c1Br. The Labute approximate surface area is 128 Å². The van der Waals surface area contributed by atoms with Crippen LogP contribution in [0, 0.1) is 0 Å². The number of aromatic nitrogens is 2. The Bertz CT molecular complexity index is 618. The van der Waals surface area contributed by atoms with Crippen molar-refractivity contribution >= 4 is 15.9 Å². The van der Waals surface area contributed by atoms with Gasteiger partial charge in [-0.3, -0.25) is 4.68 Å². The predicted molar refractivity (Wildman–Crippen MR) is 84.6 cm³/mol. The lowest BCUT2D eigenvalue weighted by Crippen LogP contribution is -2.20. The highest BCUT2D eigenvalue weighted by molar-refractivity contribution is 9.10. The molecule has 0 bridgehead atoms. The Morgan fingerprint density at radius 2 is 2.20 bits per heavy atom. The number of rotatable bonds is 4. The van der Waals surface area contributed by atoms with Gasteiger partial charge in [0.25, 0.3) is 0 Å².